The molecule has 232 valence electrons. The van der Waals surface area contributed by atoms with E-state index >= 15 is 0 Å². The average Bonchev–Trinajstić information content (AvgIpc) is 2.89. The van der Waals surface area contributed by atoms with Crippen LogP contribution in [-0.2, 0) is 30.3 Å². The molecule has 1 aromatic rings. The first-order valence-corrected chi connectivity index (χ1v) is 14.7. The van der Waals surface area contributed by atoms with E-state index < -0.39 is 41.8 Å². The molecule has 10 heteroatoms. The standard InChI is InChI=1S/C31H49NO9/c1-10-13-20(6)27(33)39-25-16-15-24(17-26(25)40-28(34)21(7)14-11-2)18-31(29(35)36,32-22(8)12-3)41-30(37)38-23(9)19(4)5/h15-17,19-23,32H,10-14,18H2,1-9H3,(H,35,36)/t20?,21?,22?,23?,31-/m0/s1. The van der Waals surface area contributed by atoms with Gasteiger partial charge in [-0.15, -0.1) is 0 Å². The Morgan fingerprint density at radius 1 is 0.854 bits per heavy atom. The molecule has 0 saturated heterocycles. The molecule has 0 fully saturated rings. The fourth-order valence-electron chi connectivity index (χ4n) is 3.89. The van der Waals surface area contributed by atoms with Gasteiger partial charge in [0.1, 0.15) is 6.10 Å². The fourth-order valence-corrected chi connectivity index (χ4v) is 3.89. The summed E-state index contributed by atoms with van der Waals surface area (Å²) in [6, 6.07) is 4.09. The molecule has 2 N–H and O–H groups in total. The van der Waals surface area contributed by atoms with E-state index in [2.05, 4.69) is 5.32 Å². The summed E-state index contributed by atoms with van der Waals surface area (Å²) >= 11 is 0. The maximum absolute atomic E-state index is 12.8. The number of rotatable bonds is 17. The van der Waals surface area contributed by atoms with Gasteiger partial charge in [0.25, 0.3) is 5.72 Å². The molecule has 5 atom stereocenters. The van der Waals surface area contributed by atoms with Gasteiger partial charge in [-0.1, -0.05) is 67.4 Å². The molecule has 0 bridgehead atoms. The lowest BCUT2D eigenvalue weighted by atomic mass is 10.00. The van der Waals surface area contributed by atoms with E-state index in [1.807, 2.05) is 34.6 Å². The third-order valence-corrected chi connectivity index (χ3v) is 7.05. The van der Waals surface area contributed by atoms with Crippen molar-refractivity contribution >= 4 is 24.1 Å². The molecule has 0 spiro atoms. The topological polar surface area (TPSA) is 137 Å². The highest BCUT2D eigenvalue weighted by atomic mass is 16.7. The number of hydrogen-bond donors (Lipinski definition) is 2. The van der Waals surface area contributed by atoms with Crippen LogP contribution in [0.2, 0.25) is 0 Å². The molecule has 1 aromatic carbocycles. The smallest absolute Gasteiger partial charge is 0.477 e. The van der Waals surface area contributed by atoms with Crippen LogP contribution in [0.4, 0.5) is 4.79 Å². The van der Waals surface area contributed by atoms with E-state index in [0.717, 1.165) is 12.8 Å². The molecular formula is C31H49NO9. The van der Waals surface area contributed by atoms with Gasteiger partial charge in [0.15, 0.2) is 11.5 Å². The van der Waals surface area contributed by atoms with Gasteiger partial charge in [-0.3, -0.25) is 14.9 Å². The second-order valence-electron chi connectivity index (χ2n) is 11.2. The van der Waals surface area contributed by atoms with E-state index in [4.69, 9.17) is 18.9 Å². The van der Waals surface area contributed by atoms with Crippen LogP contribution in [0.3, 0.4) is 0 Å². The number of carbonyl (C=O) groups excluding carboxylic acids is 3. The molecular weight excluding hydrogens is 530 g/mol. The van der Waals surface area contributed by atoms with Crippen LogP contribution in [-0.4, -0.2) is 47.0 Å². The normalized spacial score (nSPS) is 15.7. The van der Waals surface area contributed by atoms with E-state index in [1.54, 1.807) is 33.8 Å². The van der Waals surface area contributed by atoms with Gasteiger partial charge in [-0.2, -0.15) is 0 Å². The maximum atomic E-state index is 12.8. The SMILES string of the molecule is CCCC(C)C(=O)Oc1ccc(C[C@](NC(C)CC)(OC(=O)OC(C)C(C)C)C(=O)O)cc1OC(=O)C(C)CCC. The highest BCUT2D eigenvalue weighted by Gasteiger charge is 2.45. The molecule has 0 aliphatic rings. The zero-order valence-corrected chi connectivity index (χ0v) is 26.1. The first kappa shape index (κ1) is 35.9. The highest BCUT2D eigenvalue weighted by molar-refractivity contribution is 5.81. The summed E-state index contributed by atoms with van der Waals surface area (Å²) in [5.74, 6) is -3.16. The zero-order valence-electron chi connectivity index (χ0n) is 26.1. The molecule has 4 unspecified atom stereocenters. The summed E-state index contributed by atoms with van der Waals surface area (Å²) in [5, 5.41) is 13.2. The predicted octanol–water partition coefficient (Wildman–Crippen LogP) is 6.28. The second kappa shape index (κ2) is 17.0. The van der Waals surface area contributed by atoms with Gasteiger partial charge < -0.3 is 24.1 Å². The van der Waals surface area contributed by atoms with Gasteiger partial charge in [0.2, 0.25) is 0 Å². The van der Waals surface area contributed by atoms with Crippen LogP contribution in [0.5, 0.6) is 11.5 Å². The minimum Gasteiger partial charge on any atom is -0.477 e. The van der Waals surface area contributed by atoms with E-state index in [-0.39, 0.29) is 35.8 Å². The van der Waals surface area contributed by atoms with Gasteiger partial charge in [0.05, 0.1) is 11.8 Å². The Hall–Kier alpha value is -3.14. The van der Waals surface area contributed by atoms with Crippen LogP contribution in [0.25, 0.3) is 0 Å². The molecule has 41 heavy (non-hydrogen) atoms. The van der Waals surface area contributed by atoms with Crippen molar-refractivity contribution in [2.45, 2.75) is 119 Å². The lowest BCUT2D eigenvalue weighted by Crippen LogP contribution is -2.59. The number of esters is 2. The summed E-state index contributed by atoms with van der Waals surface area (Å²) in [6.45, 7) is 16.5. The van der Waals surface area contributed by atoms with Crippen LogP contribution in [0.15, 0.2) is 18.2 Å². The van der Waals surface area contributed by atoms with Crippen molar-refractivity contribution in [1.29, 1.82) is 0 Å². The second-order valence-corrected chi connectivity index (χ2v) is 11.2. The number of aliphatic carboxylic acids is 1. The Morgan fingerprint density at radius 3 is 1.85 bits per heavy atom. The molecule has 0 saturated carbocycles. The molecule has 10 nitrogen and oxygen atoms in total. The number of benzene rings is 1. The van der Waals surface area contributed by atoms with Gasteiger partial charge >= 0.3 is 24.1 Å². The lowest BCUT2D eigenvalue weighted by Gasteiger charge is -2.33. The Labute approximate surface area is 244 Å². The predicted molar refractivity (Wildman–Crippen MR) is 155 cm³/mol. The minimum atomic E-state index is -2.19. The van der Waals surface area contributed by atoms with Crippen molar-refractivity contribution in [3.8, 4) is 11.5 Å². The molecule has 0 aliphatic heterocycles. The number of hydrogen-bond acceptors (Lipinski definition) is 9. The summed E-state index contributed by atoms with van der Waals surface area (Å²) in [4.78, 5) is 50.8. The quantitative estimate of drug-likeness (QED) is 0.123. The molecule has 1 rings (SSSR count). The Balaban J connectivity index is 3.51. The Bertz CT molecular complexity index is 1020. The minimum absolute atomic E-state index is 0.00746. The van der Waals surface area contributed by atoms with E-state index in [0.29, 0.717) is 24.8 Å². The molecule has 0 aliphatic carbocycles. The largest absolute Gasteiger partial charge is 0.510 e. The number of ether oxygens (including phenoxy) is 4. The van der Waals surface area contributed by atoms with E-state index in [9.17, 15) is 24.3 Å². The van der Waals surface area contributed by atoms with Gasteiger partial charge in [-0.25, -0.2) is 9.59 Å². The summed E-state index contributed by atoms with van der Waals surface area (Å²) in [6.07, 6.45) is 1.41. The van der Waals surface area contributed by atoms with Crippen molar-refractivity contribution in [3.63, 3.8) is 0 Å². The van der Waals surface area contributed by atoms with Crippen molar-refractivity contribution < 1.29 is 43.2 Å². The van der Waals surface area contributed by atoms with E-state index in [1.165, 1.54) is 12.1 Å². The van der Waals surface area contributed by atoms with Crippen LogP contribution in [0.1, 0.15) is 100.0 Å². The molecule has 0 aromatic heterocycles. The first-order valence-electron chi connectivity index (χ1n) is 14.7. The Morgan fingerprint density at radius 2 is 1.39 bits per heavy atom. The third kappa shape index (κ3) is 11.3. The number of carboxylic acids is 1. The number of carbonyl (C=O) groups is 4. The van der Waals surface area contributed by atoms with Crippen molar-refractivity contribution in [2.24, 2.45) is 17.8 Å². The van der Waals surface area contributed by atoms with Crippen molar-refractivity contribution in [2.75, 3.05) is 0 Å². The fraction of sp³-hybridized carbons (Fsp3) is 0.677. The van der Waals surface area contributed by atoms with Crippen molar-refractivity contribution in [1.82, 2.24) is 5.32 Å². The monoisotopic (exact) mass is 579 g/mol. The summed E-state index contributed by atoms with van der Waals surface area (Å²) in [5.41, 5.74) is -1.83. The zero-order chi connectivity index (χ0) is 31.3. The number of nitrogens with one attached hydrogen (secondary N) is 1. The molecule has 0 heterocycles. The molecule has 0 radical (unpaired) electrons. The van der Waals surface area contributed by atoms with Gasteiger partial charge in [-0.05, 0) is 56.7 Å². The Kier molecular flexibility index (Phi) is 14.8. The first-order chi connectivity index (χ1) is 19.2. The van der Waals surface area contributed by atoms with Crippen molar-refractivity contribution in [3.05, 3.63) is 23.8 Å². The lowest BCUT2D eigenvalue weighted by molar-refractivity contribution is -0.168. The summed E-state index contributed by atoms with van der Waals surface area (Å²) < 4.78 is 22.0. The average molecular weight is 580 g/mol. The summed E-state index contributed by atoms with van der Waals surface area (Å²) in [7, 11) is 0. The highest BCUT2D eigenvalue weighted by Crippen LogP contribution is 2.32. The maximum Gasteiger partial charge on any atom is 0.510 e. The van der Waals surface area contributed by atoms with Crippen LogP contribution in [0, 0.1) is 17.8 Å². The molecule has 0 amide bonds. The van der Waals surface area contributed by atoms with Crippen LogP contribution >= 0.6 is 0 Å². The number of carboxylic acid groups (broad SMARTS) is 1. The third-order valence-electron chi connectivity index (χ3n) is 7.05. The van der Waals surface area contributed by atoms with Crippen LogP contribution < -0.4 is 14.8 Å². The van der Waals surface area contributed by atoms with Gasteiger partial charge in [0, 0.05) is 12.5 Å².